The van der Waals surface area contributed by atoms with E-state index in [9.17, 15) is 0 Å². The highest BCUT2D eigenvalue weighted by atomic mass is 35.5. The van der Waals surface area contributed by atoms with Crippen LogP contribution in [0.1, 0.15) is 17.7 Å². The number of nitrogens with zero attached hydrogens (tertiary/aromatic N) is 2. The Bertz CT molecular complexity index is 584. The Hall–Kier alpha value is -0.940. The topological polar surface area (TPSA) is 25.4 Å². The molecular formula is C16H19ClN2OS. The molecule has 3 nitrogen and oxygen atoms in total. The number of thiazole rings is 1. The van der Waals surface area contributed by atoms with E-state index in [1.807, 2.05) is 5.38 Å². The maximum atomic E-state index is 5.80. The molecular weight excluding hydrogens is 304 g/mol. The number of likely N-dealkylation sites (tertiary alicyclic amines) is 1. The van der Waals surface area contributed by atoms with Crippen molar-refractivity contribution in [2.75, 3.05) is 20.2 Å². The average Bonchev–Trinajstić information content (AvgIpc) is 3.17. The molecule has 0 bridgehead atoms. The van der Waals surface area contributed by atoms with Gasteiger partial charge in [-0.3, -0.25) is 4.90 Å². The molecule has 1 fully saturated rings. The predicted molar refractivity (Wildman–Crippen MR) is 87.8 cm³/mol. The van der Waals surface area contributed by atoms with Gasteiger partial charge in [0, 0.05) is 37.7 Å². The Balaban J connectivity index is 1.64. The molecule has 1 aliphatic rings. The number of methoxy groups -OCH3 is 1. The van der Waals surface area contributed by atoms with Crippen LogP contribution in [-0.2, 0) is 17.2 Å². The van der Waals surface area contributed by atoms with Crippen LogP contribution in [0.15, 0.2) is 29.6 Å². The fraction of sp³-hybridized carbons (Fsp3) is 0.438. The van der Waals surface area contributed by atoms with E-state index in [4.69, 9.17) is 16.3 Å². The van der Waals surface area contributed by atoms with Crippen LogP contribution in [0.25, 0.3) is 10.6 Å². The Morgan fingerprint density at radius 2 is 2.19 bits per heavy atom. The number of aromatic nitrogens is 1. The lowest BCUT2D eigenvalue weighted by Crippen LogP contribution is -2.22. The summed E-state index contributed by atoms with van der Waals surface area (Å²) in [6.07, 6.45) is 1.53. The second-order valence-corrected chi connectivity index (χ2v) is 6.48. The predicted octanol–water partition coefficient (Wildman–Crippen LogP) is 3.77. The molecule has 0 amide bonds. The molecule has 1 saturated heterocycles. The lowest BCUT2D eigenvalue weighted by molar-refractivity contribution is 0.107. The molecule has 112 valence electrons. The van der Waals surface area contributed by atoms with Gasteiger partial charge in [-0.05, 0) is 12.0 Å². The molecule has 21 heavy (non-hydrogen) atoms. The van der Waals surface area contributed by atoms with Gasteiger partial charge in [0.2, 0.25) is 0 Å². The van der Waals surface area contributed by atoms with Gasteiger partial charge < -0.3 is 4.74 Å². The standard InChI is InChI=1S/C16H19ClN2OS/c1-20-15-6-7-19(10-15)9-12-2-4-13(5-3-12)16-18-14(8-17)11-21-16/h2-5,11,15H,6-10H2,1H3. The minimum Gasteiger partial charge on any atom is -0.380 e. The van der Waals surface area contributed by atoms with E-state index in [0.717, 1.165) is 42.3 Å². The van der Waals surface area contributed by atoms with Crippen molar-refractivity contribution in [3.8, 4) is 10.6 Å². The highest BCUT2D eigenvalue weighted by Crippen LogP contribution is 2.25. The van der Waals surface area contributed by atoms with Crippen LogP contribution in [0.5, 0.6) is 0 Å². The number of benzene rings is 1. The van der Waals surface area contributed by atoms with E-state index >= 15 is 0 Å². The van der Waals surface area contributed by atoms with Crippen molar-refractivity contribution in [1.29, 1.82) is 0 Å². The van der Waals surface area contributed by atoms with Gasteiger partial charge >= 0.3 is 0 Å². The summed E-state index contributed by atoms with van der Waals surface area (Å²) in [4.78, 5) is 6.96. The monoisotopic (exact) mass is 322 g/mol. The smallest absolute Gasteiger partial charge is 0.123 e. The summed E-state index contributed by atoms with van der Waals surface area (Å²) in [5.74, 6) is 0.476. The largest absolute Gasteiger partial charge is 0.380 e. The third kappa shape index (κ3) is 3.64. The van der Waals surface area contributed by atoms with Crippen molar-refractivity contribution < 1.29 is 4.74 Å². The molecule has 1 atom stereocenters. The molecule has 1 aliphatic heterocycles. The number of hydrogen-bond donors (Lipinski definition) is 0. The number of rotatable bonds is 5. The van der Waals surface area contributed by atoms with E-state index in [1.54, 1.807) is 18.4 Å². The molecule has 1 unspecified atom stereocenters. The van der Waals surface area contributed by atoms with Crippen molar-refractivity contribution in [2.24, 2.45) is 0 Å². The minimum atomic E-state index is 0.397. The normalized spacial score (nSPS) is 19.2. The van der Waals surface area contributed by atoms with Crippen LogP contribution in [0.4, 0.5) is 0 Å². The first-order valence-electron chi connectivity index (χ1n) is 7.13. The quantitative estimate of drug-likeness (QED) is 0.784. The fourth-order valence-electron chi connectivity index (χ4n) is 2.64. The van der Waals surface area contributed by atoms with E-state index in [-0.39, 0.29) is 0 Å². The van der Waals surface area contributed by atoms with Crippen molar-refractivity contribution in [1.82, 2.24) is 9.88 Å². The molecule has 0 saturated carbocycles. The molecule has 2 aromatic rings. The maximum absolute atomic E-state index is 5.80. The van der Waals surface area contributed by atoms with Gasteiger partial charge in [-0.2, -0.15) is 0 Å². The average molecular weight is 323 g/mol. The van der Waals surface area contributed by atoms with E-state index < -0.39 is 0 Å². The van der Waals surface area contributed by atoms with Crippen molar-refractivity contribution in [2.45, 2.75) is 24.9 Å². The van der Waals surface area contributed by atoms with Crippen molar-refractivity contribution >= 4 is 22.9 Å². The van der Waals surface area contributed by atoms with Gasteiger partial charge in [0.05, 0.1) is 17.7 Å². The SMILES string of the molecule is COC1CCN(Cc2ccc(-c3nc(CCl)cs3)cc2)C1. The minimum absolute atomic E-state index is 0.397. The third-order valence-corrected chi connectivity index (χ3v) is 5.07. The van der Waals surface area contributed by atoms with Gasteiger partial charge in [-0.15, -0.1) is 22.9 Å². The summed E-state index contributed by atoms with van der Waals surface area (Å²) in [7, 11) is 1.80. The first kappa shape index (κ1) is 15.0. The van der Waals surface area contributed by atoms with E-state index in [2.05, 4.69) is 34.1 Å². The Kier molecular flexibility index (Phi) is 4.91. The summed E-state index contributed by atoms with van der Waals surface area (Å²) in [6, 6.07) is 8.68. The summed E-state index contributed by atoms with van der Waals surface area (Å²) >= 11 is 7.45. The van der Waals surface area contributed by atoms with Gasteiger partial charge in [-0.1, -0.05) is 24.3 Å². The van der Waals surface area contributed by atoms with Crippen LogP contribution in [-0.4, -0.2) is 36.2 Å². The molecule has 1 aromatic heterocycles. The van der Waals surface area contributed by atoms with Gasteiger partial charge in [0.15, 0.2) is 0 Å². The lowest BCUT2D eigenvalue weighted by Gasteiger charge is -2.15. The molecule has 5 heteroatoms. The van der Waals surface area contributed by atoms with E-state index in [0.29, 0.717) is 12.0 Å². The molecule has 0 N–H and O–H groups in total. The highest BCUT2D eigenvalue weighted by Gasteiger charge is 2.21. The fourth-order valence-corrected chi connectivity index (χ4v) is 3.70. The van der Waals surface area contributed by atoms with Gasteiger partial charge in [-0.25, -0.2) is 4.98 Å². The summed E-state index contributed by atoms with van der Waals surface area (Å²) in [6.45, 7) is 3.14. The number of hydrogen-bond acceptors (Lipinski definition) is 4. The summed E-state index contributed by atoms with van der Waals surface area (Å²) < 4.78 is 5.41. The third-order valence-electron chi connectivity index (χ3n) is 3.86. The van der Waals surface area contributed by atoms with Crippen molar-refractivity contribution in [3.05, 3.63) is 40.9 Å². The van der Waals surface area contributed by atoms with E-state index in [1.165, 1.54) is 5.56 Å². The van der Waals surface area contributed by atoms with Crippen LogP contribution >= 0.6 is 22.9 Å². The van der Waals surface area contributed by atoms with Gasteiger partial charge in [0.1, 0.15) is 5.01 Å². The zero-order valence-corrected chi connectivity index (χ0v) is 13.7. The molecule has 1 aromatic carbocycles. The summed E-state index contributed by atoms with van der Waals surface area (Å²) in [5.41, 5.74) is 3.45. The number of alkyl halides is 1. The molecule has 0 aliphatic carbocycles. The summed E-state index contributed by atoms with van der Waals surface area (Å²) in [5, 5.41) is 3.06. The molecule has 0 spiro atoms. The van der Waals surface area contributed by atoms with Crippen LogP contribution in [0.3, 0.4) is 0 Å². The zero-order valence-electron chi connectivity index (χ0n) is 12.1. The zero-order chi connectivity index (χ0) is 14.7. The first-order valence-corrected chi connectivity index (χ1v) is 8.54. The van der Waals surface area contributed by atoms with Crippen LogP contribution in [0.2, 0.25) is 0 Å². The second-order valence-electron chi connectivity index (χ2n) is 5.36. The van der Waals surface area contributed by atoms with Crippen LogP contribution < -0.4 is 0 Å². The van der Waals surface area contributed by atoms with Gasteiger partial charge in [0.25, 0.3) is 0 Å². The first-order chi connectivity index (χ1) is 10.3. The Labute approximate surface area is 134 Å². The number of ether oxygens (including phenoxy) is 1. The maximum Gasteiger partial charge on any atom is 0.123 e. The molecule has 3 rings (SSSR count). The number of halogens is 1. The molecule has 2 heterocycles. The Morgan fingerprint density at radius 3 is 2.81 bits per heavy atom. The van der Waals surface area contributed by atoms with Crippen LogP contribution in [0, 0.1) is 0 Å². The highest BCUT2D eigenvalue weighted by molar-refractivity contribution is 7.13. The second kappa shape index (κ2) is 6.88. The molecule has 0 radical (unpaired) electrons. The Morgan fingerprint density at radius 1 is 1.38 bits per heavy atom. The lowest BCUT2D eigenvalue weighted by atomic mass is 10.1. The van der Waals surface area contributed by atoms with Crippen molar-refractivity contribution in [3.63, 3.8) is 0 Å².